The molecule has 0 unspecified atom stereocenters. The van der Waals surface area contributed by atoms with Gasteiger partial charge in [-0.15, -0.1) is 0 Å². The average Bonchev–Trinajstić information content (AvgIpc) is 3.53. The number of halogens is 3. The fourth-order valence-electron chi connectivity index (χ4n) is 4.08. The second-order valence-electron chi connectivity index (χ2n) is 8.86. The fraction of sp³-hybridized carbons (Fsp3) is 0.375. The predicted molar refractivity (Wildman–Crippen MR) is 127 cm³/mol. The maximum atomic E-state index is 13.2. The Bertz CT molecular complexity index is 1300. The predicted octanol–water partition coefficient (Wildman–Crippen LogP) is 3.71. The van der Waals surface area contributed by atoms with Gasteiger partial charge in [0.15, 0.2) is 0 Å². The fourth-order valence-corrected chi connectivity index (χ4v) is 4.08. The minimum absolute atomic E-state index is 0.0334. The number of nitrogens with zero attached hydrogens (tertiary/aromatic N) is 4. The number of carbonyl (C=O) groups excluding carboxylic acids is 2. The molecule has 0 aliphatic carbocycles. The largest absolute Gasteiger partial charge is 0.416 e. The van der Waals surface area contributed by atoms with E-state index in [0.29, 0.717) is 12.1 Å². The third kappa shape index (κ3) is 6.05. The standard InChI is InChI=1S/C24H26F3N7O3/c1-13-5-6-15(9-17(13)24(25,26)27)32-22(35)19-10-18(33-37-19)14(2)31-23(36)20-16(21(28)30-12-29-20)11-34-7-3-4-8-34/h5-6,9-10,12,14H,3-4,7-8,11H2,1-2H3,(H,31,36)(H,32,35)(H2,28,29,30)/t14-/m1/s1. The molecular weight excluding hydrogens is 491 g/mol. The Hall–Kier alpha value is -4.00. The maximum Gasteiger partial charge on any atom is 0.416 e. The van der Waals surface area contributed by atoms with Crippen LogP contribution in [0.25, 0.3) is 0 Å². The Kier molecular flexibility index (Phi) is 7.43. The molecule has 4 rings (SSSR count). The van der Waals surface area contributed by atoms with Crippen LogP contribution < -0.4 is 16.4 Å². The van der Waals surface area contributed by atoms with E-state index in [0.717, 1.165) is 32.0 Å². The van der Waals surface area contributed by atoms with Crippen molar-refractivity contribution in [3.8, 4) is 0 Å². The van der Waals surface area contributed by atoms with E-state index in [4.69, 9.17) is 10.3 Å². The Morgan fingerprint density at radius 1 is 1.16 bits per heavy atom. The van der Waals surface area contributed by atoms with Crippen molar-refractivity contribution in [3.05, 3.63) is 64.4 Å². The monoisotopic (exact) mass is 517 g/mol. The van der Waals surface area contributed by atoms with Gasteiger partial charge >= 0.3 is 6.18 Å². The normalized spacial score (nSPS) is 14.9. The first-order chi connectivity index (χ1) is 17.5. The van der Waals surface area contributed by atoms with E-state index in [9.17, 15) is 22.8 Å². The van der Waals surface area contributed by atoms with E-state index in [1.165, 1.54) is 31.5 Å². The smallest absolute Gasteiger partial charge is 0.383 e. The van der Waals surface area contributed by atoms with Crippen LogP contribution in [-0.4, -0.2) is 44.9 Å². The minimum Gasteiger partial charge on any atom is -0.383 e. The first-order valence-corrected chi connectivity index (χ1v) is 11.6. The summed E-state index contributed by atoms with van der Waals surface area (Å²) in [6, 6.07) is 4.10. The first-order valence-electron chi connectivity index (χ1n) is 11.6. The molecule has 0 saturated carbocycles. The summed E-state index contributed by atoms with van der Waals surface area (Å²) in [6.45, 7) is 5.22. The van der Waals surface area contributed by atoms with Crippen molar-refractivity contribution in [2.45, 2.75) is 45.5 Å². The first kappa shape index (κ1) is 26.1. The quantitative estimate of drug-likeness (QED) is 0.431. The third-order valence-corrected chi connectivity index (χ3v) is 6.12. The highest BCUT2D eigenvalue weighted by atomic mass is 19.4. The van der Waals surface area contributed by atoms with Crippen LogP contribution in [0.15, 0.2) is 35.1 Å². The van der Waals surface area contributed by atoms with Crippen molar-refractivity contribution >= 4 is 23.3 Å². The summed E-state index contributed by atoms with van der Waals surface area (Å²) in [7, 11) is 0. The number of carbonyl (C=O) groups is 2. The zero-order chi connectivity index (χ0) is 26.7. The van der Waals surface area contributed by atoms with Crippen LogP contribution in [0, 0.1) is 6.92 Å². The van der Waals surface area contributed by atoms with Crippen LogP contribution in [-0.2, 0) is 12.7 Å². The molecule has 3 aromatic rings. The SMILES string of the molecule is Cc1ccc(NC(=O)c2cc([C@@H](C)NC(=O)c3ncnc(N)c3CN3CCCC3)no2)cc1C(F)(F)F. The summed E-state index contributed by atoms with van der Waals surface area (Å²) >= 11 is 0. The van der Waals surface area contributed by atoms with Crippen LogP contribution in [0.5, 0.6) is 0 Å². The van der Waals surface area contributed by atoms with Gasteiger partial charge in [-0.25, -0.2) is 9.97 Å². The number of rotatable bonds is 7. The molecule has 0 bridgehead atoms. The highest BCUT2D eigenvalue weighted by molar-refractivity contribution is 6.02. The lowest BCUT2D eigenvalue weighted by molar-refractivity contribution is -0.138. The minimum atomic E-state index is -4.56. The number of benzene rings is 1. The van der Waals surface area contributed by atoms with Gasteiger partial charge in [0.25, 0.3) is 11.8 Å². The topological polar surface area (TPSA) is 139 Å². The van der Waals surface area contributed by atoms with Gasteiger partial charge in [0, 0.05) is 23.9 Å². The van der Waals surface area contributed by atoms with Crippen molar-refractivity contribution in [3.63, 3.8) is 0 Å². The van der Waals surface area contributed by atoms with Gasteiger partial charge in [0.1, 0.15) is 23.5 Å². The molecule has 2 aromatic heterocycles. The van der Waals surface area contributed by atoms with Crippen LogP contribution in [0.2, 0.25) is 0 Å². The number of anilines is 2. The number of alkyl halides is 3. The molecule has 0 radical (unpaired) electrons. The zero-order valence-corrected chi connectivity index (χ0v) is 20.2. The van der Waals surface area contributed by atoms with E-state index in [1.807, 2.05) is 0 Å². The number of hydrogen-bond acceptors (Lipinski definition) is 8. The van der Waals surface area contributed by atoms with Crippen molar-refractivity contribution < 1.29 is 27.3 Å². The van der Waals surface area contributed by atoms with Gasteiger partial charge in [-0.05, 0) is 57.5 Å². The Balaban J connectivity index is 1.44. The number of hydrogen-bond donors (Lipinski definition) is 3. The van der Waals surface area contributed by atoms with Gasteiger partial charge in [0.05, 0.1) is 11.6 Å². The molecule has 196 valence electrons. The number of aromatic nitrogens is 3. The van der Waals surface area contributed by atoms with Gasteiger partial charge in [-0.1, -0.05) is 11.2 Å². The van der Waals surface area contributed by atoms with E-state index >= 15 is 0 Å². The van der Waals surface area contributed by atoms with Crippen LogP contribution in [0.3, 0.4) is 0 Å². The van der Waals surface area contributed by atoms with Crippen molar-refractivity contribution in [1.82, 2.24) is 25.3 Å². The van der Waals surface area contributed by atoms with E-state index in [-0.39, 0.29) is 34.2 Å². The van der Waals surface area contributed by atoms with Crippen LogP contribution in [0.4, 0.5) is 24.7 Å². The van der Waals surface area contributed by atoms with Crippen molar-refractivity contribution in [2.24, 2.45) is 0 Å². The van der Waals surface area contributed by atoms with E-state index < -0.39 is 29.6 Å². The molecule has 10 nitrogen and oxygen atoms in total. The Labute approximate surface area is 210 Å². The summed E-state index contributed by atoms with van der Waals surface area (Å²) < 4.78 is 44.6. The number of likely N-dealkylation sites (tertiary alicyclic amines) is 1. The number of aryl methyl sites for hydroxylation is 1. The molecule has 1 atom stereocenters. The Morgan fingerprint density at radius 2 is 1.89 bits per heavy atom. The maximum absolute atomic E-state index is 13.2. The highest BCUT2D eigenvalue weighted by Crippen LogP contribution is 2.33. The number of nitrogens with two attached hydrogens (primary N) is 1. The molecule has 1 fully saturated rings. The summed E-state index contributed by atoms with van der Waals surface area (Å²) in [6.07, 6.45) is -1.19. The summed E-state index contributed by atoms with van der Waals surface area (Å²) in [4.78, 5) is 35.8. The summed E-state index contributed by atoms with van der Waals surface area (Å²) in [5.41, 5.74) is 6.08. The molecule has 3 heterocycles. The molecule has 1 aliphatic heterocycles. The van der Waals surface area contributed by atoms with Crippen molar-refractivity contribution in [2.75, 3.05) is 24.1 Å². The molecule has 2 amide bonds. The third-order valence-electron chi connectivity index (χ3n) is 6.12. The molecule has 1 aliphatic rings. The molecular formula is C24H26F3N7O3. The Morgan fingerprint density at radius 3 is 2.59 bits per heavy atom. The second-order valence-corrected chi connectivity index (χ2v) is 8.86. The number of amides is 2. The summed E-state index contributed by atoms with van der Waals surface area (Å²) in [5, 5.41) is 8.95. The van der Waals surface area contributed by atoms with Crippen LogP contribution in [0.1, 0.15) is 69.2 Å². The molecule has 13 heteroatoms. The van der Waals surface area contributed by atoms with Crippen LogP contribution >= 0.6 is 0 Å². The van der Waals surface area contributed by atoms with E-state index in [1.54, 1.807) is 6.92 Å². The molecule has 1 aromatic carbocycles. The lowest BCUT2D eigenvalue weighted by Crippen LogP contribution is -2.30. The average molecular weight is 518 g/mol. The second kappa shape index (κ2) is 10.5. The van der Waals surface area contributed by atoms with Gasteiger partial charge in [-0.2, -0.15) is 13.2 Å². The molecule has 1 saturated heterocycles. The highest BCUT2D eigenvalue weighted by Gasteiger charge is 2.32. The van der Waals surface area contributed by atoms with E-state index in [2.05, 4.69) is 30.7 Å². The number of nitrogens with one attached hydrogen (secondary N) is 2. The molecule has 37 heavy (non-hydrogen) atoms. The van der Waals surface area contributed by atoms with Gasteiger partial charge in [-0.3, -0.25) is 14.5 Å². The zero-order valence-electron chi connectivity index (χ0n) is 20.2. The lowest BCUT2D eigenvalue weighted by Gasteiger charge is -2.18. The molecule has 4 N–H and O–H groups in total. The molecule has 0 spiro atoms. The van der Waals surface area contributed by atoms with Crippen molar-refractivity contribution in [1.29, 1.82) is 0 Å². The number of nitrogen functional groups attached to an aromatic ring is 1. The van der Waals surface area contributed by atoms with Gasteiger partial charge in [0.2, 0.25) is 5.76 Å². The van der Waals surface area contributed by atoms with Gasteiger partial charge < -0.3 is 20.9 Å². The summed E-state index contributed by atoms with van der Waals surface area (Å²) in [5.74, 6) is -1.29. The lowest BCUT2D eigenvalue weighted by atomic mass is 10.1.